The number of hydrogen-bond acceptors (Lipinski definition) is 4. The van der Waals surface area contributed by atoms with Gasteiger partial charge in [-0.3, -0.25) is 9.79 Å². The number of rotatable bonds is 3. The van der Waals surface area contributed by atoms with Gasteiger partial charge in [0.05, 0.1) is 24.3 Å². The predicted octanol–water partition coefficient (Wildman–Crippen LogP) is 4.18. The van der Waals surface area contributed by atoms with Gasteiger partial charge in [-0.25, -0.2) is 0 Å². The van der Waals surface area contributed by atoms with E-state index in [1.807, 2.05) is 48.7 Å². The molecule has 0 aliphatic carbocycles. The minimum atomic E-state index is -0.00788. The van der Waals surface area contributed by atoms with Crippen molar-refractivity contribution in [2.75, 3.05) is 16.8 Å². The lowest BCUT2D eigenvalue weighted by Gasteiger charge is -2.33. The minimum absolute atomic E-state index is 0.00788. The van der Waals surface area contributed by atoms with Crippen molar-refractivity contribution >= 4 is 40.9 Å². The number of thioether (sulfide) groups is 1. The van der Waals surface area contributed by atoms with E-state index in [2.05, 4.69) is 26.7 Å². The van der Waals surface area contributed by atoms with E-state index in [1.165, 1.54) is 4.90 Å². The summed E-state index contributed by atoms with van der Waals surface area (Å²) in [5.74, 6) is -0.00788. The molecule has 4 nitrogen and oxygen atoms in total. The molecule has 0 radical (unpaired) electrons. The Labute approximate surface area is 138 Å². The SMILES string of the molecule is O=C(CC1=CSc2cccc3c2N1CC=N3)Nc1ccccc1. The summed E-state index contributed by atoms with van der Waals surface area (Å²) in [4.78, 5) is 20.2. The summed E-state index contributed by atoms with van der Waals surface area (Å²) in [6.45, 7) is 0.703. The van der Waals surface area contributed by atoms with Gasteiger partial charge in [-0.1, -0.05) is 36.0 Å². The first-order chi connectivity index (χ1) is 11.3. The van der Waals surface area contributed by atoms with Crippen molar-refractivity contribution < 1.29 is 4.79 Å². The summed E-state index contributed by atoms with van der Waals surface area (Å²) in [5.41, 5.74) is 3.91. The van der Waals surface area contributed by atoms with Crippen LogP contribution >= 0.6 is 11.8 Å². The quantitative estimate of drug-likeness (QED) is 0.922. The average Bonchev–Trinajstić information content (AvgIpc) is 2.58. The molecule has 0 bridgehead atoms. The number of para-hydroxylation sites is 2. The highest BCUT2D eigenvalue weighted by Gasteiger charge is 2.26. The summed E-state index contributed by atoms with van der Waals surface area (Å²) < 4.78 is 0. The van der Waals surface area contributed by atoms with Gasteiger partial charge in [0.15, 0.2) is 0 Å². The molecule has 23 heavy (non-hydrogen) atoms. The van der Waals surface area contributed by atoms with Crippen LogP contribution in [0.4, 0.5) is 17.1 Å². The summed E-state index contributed by atoms with van der Waals surface area (Å²) in [6, 6.07) is 15.7. The highest BCUT2D eigenvalue weighted by Crippen LogP contribution is 2.46. The maximum absolute atomic E-state index is 12.3. The molecule has 2 heterocycles. The number of anilines is 2. The second-order valence-electron chi connectivity index (χ2n) is 5.36. The maximum Gasteiger partial charge on any atom is 0.230 e. The lowest BCUT2D eigenvalue weighted by molar-refractivity contribution is -0.115. The predicted molar refractivity (Wildman–Crippen MR) is 95.6 cm³/mol. The van der Waals surface area contributed by atoms with Gasteiger partial charge in [-0.05, 0) is 29.7 Å². The fraction of sp³-hybridized carbons (Fsp3) is 0.111. The molecule has 1 N–H and O–H groups in total. The molecule has 114 valence electrons. The lowest BCUT2D eigenvalue weighted by atomic mass is 10.1. The van der Waals surface area contributed by atoms with E-state index in [4.69, 9.17) is 0 Å². The Hall–Kier alpha value is -2.53. The highest BCUT2D eigenvalue weighted by molar-refractivity contribution is 8.02. The Kier molecular flexibility index (Phi) is 3.63. The first-order valence-electron chi connectivity index (χ1n) is 7.45. The topological polar surface area (TPSA) is 44.7 Å². The van der Waals surface area contributed by atoms with E-state index in [9.17, 15) is 4.79 Å². The molecule has 0 fully saturated rings. The Bertz CT molecular complexity index is 814. The number of hydrogen-bond donors (Lipinski definition) is 1. The molecular weight excluding hydrogens is 306 g/mol. The first-order valence-corrected chi connectivity index (χ1v) is 8.33. The maximum atomic E-state index is 12.3. The van der Waals surface area contributed by atoms with Gasteiger partial charge < -0.3 is 10.2 Å². The first kappa shape index (κ1) is 14.1. The van der Waals surface area contributed by atoms with Crippen LogP contribution in [0.1, 0.15) is 6.42 Å². The molecule has 2 aromatic carbocycles. The molecule has 1 amide bonds. The van der Waals surface area contributed by atoms with Gasteiger partial charge >= 0.3 is 0 Å². The Balaban J connectivity index is 1.54. The molecule has 0 atom stereocenters. The van der Waals surface area contributed by atoms with E-state index in [0.29, 0.717) is 13.0 Å². The Morgan fingerprint density at radius 3 is 2.91 bits per heavy atom. The van der Waals surface area contributed by atoms with Crippen LogP contribution in [0.2, 0.25) is 0 Å². The number of nitrogens with zero attached hydrogens (tertiary/aromatic N) is 2. The zero-order valence-corrected chi connectivity index (χ0v) is 13.2. The summed E-state index contributed by atoms with van der Waals surface area (Å²) in [6.07, 6.45) is 2.24. The third kappa shape index (κ3) is 2.75. The Morgan fingerprint density at radius 1 is 1.17 bits per heavy atom. The van der Waals surface area contributed by atoms with Crippen molar-refractivity contribution in [3.05, 3.63) is 59.6 Å². The highest BCUT2D eigenvalue weighted by atomic mass is 32.2. The van der Waals surface area contributed by atoms with Crippen molar-refractivity contribution in [2.45, 2.75) is 11.3 Å². The van der Waals surface area contributed by atoms with Crippen LogP contribution in [-0.2, 0) is 4.79 Å². The number of nitrogens with one attached hydrogen (secondary N) is 1. The van der Waals surface area contributed by atoms with Crippen molar-refractivity contribution in [2.24, 2.45) is 4.99 Å². The second kappa shape index (κ2) is 5.93. The molecule has 0 unspecified atom stereocenters. The third-order valence-electron chi connectivity index (χ3n) is 3.81. The molecular formula is C18H15N3OS. The summed E-state index contributed by atoms with van der Waals surface area (Å²) in [7, 11) is 0. The van der Waals surface area contributed by atoms with Crippen molar-refractivity contribution in [3.8, 4) is 0 Å². The van der Waals surface area contributed by atoms with Crippen LogP contribution in [0.15, 0.2) is 69.5 Å². The normalized spacial score (nSPS) is 15.0. The standard InChI is InChI=1S/C18H15N3OS/c22-17(20-13-5-2-1-3-6-13)11-14-12-23-16-8-4-7-15-18(16)21(14)10-9-19-15/h1-9,12H,10-11H2,(H,20,22). The average molecular weight is 321 g/mol. The zero-order valence-electron chi connectivity index (χ0n) is 12.4. The zero-order chi connectivity index (χ0) is 15.6. The largest absolute Gasteiger partial charge is 0.336 e. The van der Waals surface area contributed by atoms with Crippen molar-refractivity contribution in [1.29, 1.82) is 0 Å². The molecule has 2 aromatic rings. The molecule has 0 saturated heterocycles. The van der Waals surface area contributed by atoms with Crippen LogP contribution in [0.3, 0.4) is 0 Å². The van der Waals surface area contributed by atoms with Crippen molar-refractivity contribution in [3.63, 3.8) is 0 Å². The summed E-state index contributed by atoms with van der Waals surface area (Å²) >= 11 is 1.65. The van der Waals surface area contributed by atoms with E-state index in [1.54, 1.807) is 11.8 Å². The van der Waals surface area contributed by atoms with Crippen LogP contribution in [0.5, 0.6) is 0 Å². The number of carbonyl (C=O) groups is 1. The fourth-order valence-electron chi connectivity index (χ4n) is 2.78. The van der Waals surface area contributed by atoms with Crippen molar-refractivity contribution in [1.82, 2.24) is 0 Å². The fourth-order valence-corrected chi connectivity index (χ4v) is 3.73. The van der Waals surface area contributed by atoms with Crippen LogP contribution in [0, 0.1) is 0 Å². The molecule has 4 rings (SSSR count). The van der Waals surface area contributed by atoms with Gasteiger partial charge in [0.25, 0.3) is 0 Å². The molecule has 0 aromatic heterocycles. The summed E-state index contributed by atoms with van der Waals surface area (Å²) in [5, 5.41) is 5.01. The van der Waals surface area contributed by atoms with E-state index in [-0.39, 0.29) is 5.91 Å². The van der Waals surface area contributed by atoms with Gasteiger partial charge in [-0.2, -0.15) is 0 Å². The number of benzene rings is 2. The third-order valence-corrected chi connectivity index (χ3v) is 4.78. The number of aliphatic imine (C=N–C) groups is 1. The monoisotopic (exact) mass is 321 g/mol. The van der Waals surface area contributed by atoms with Gasteiger partial charge in [0.2, 0.25) is 5.91 Å². The van der Waals surface area contributed by atoms with Crippen LogP contribution < -0.4 is 10.2 Å². The number of amides is 1. The molecule has 5 heteroatoms. The molecule has 0 saturated carbocycles. The smallest absolute Gasteiger partial charge is 0.230 e. The lowest BCUT2D eigenvalue weighted by Crippen LogP contribution is -2.30. The van der Waals surface area contributed by atoms with Gasteiger partial charge in [0.1, 0.15) is 0 Å². The van der Waals surface area contributed by atoms with Gasteiger partial charge in [0, 0.05) is 22.5 Å². The molecule has 2 aliphatic heterocycles. The minimum Gasteiger partial charge on any atom is -0.336 e. The van der Waals surface area contributed by atoms with E-state index >= 15 is 0 Å². The molecule has 2 aliphatic rings. The van der Waals surface area contributed by atoms with Gasteiger partial charge in [-0.15, -0.1) is 0 Å². The number of carbonyl (C=O) groups excluding carboxylic acids is 1. The van der Waals surface area contributed by atoms with Crippen LogP contribution in [0.25, 0.3) is 0 Å². The van der Waals surface area contributed by atoms with E-state index < -0.39 is 0 Å². The van der Waals surface area contributed by atoms with E-state index in [0.717, 1.165) is 22.8 Å². The second-order valence-corrected chi connectivity index (χ2v) is 6.28. The molecule has 0 spiro atoms. The van der Waals surface area contributed by atoms with Crippen LogP contribution in [-0.4, -0.2) is 18.7 Å². The Morgan fingerprint density at radius 2 is 2.04 bits per heavy atom.